The minimum atomic E-state index is -1.06. The van der Waals surface area contributed by atoms with E-state index in [0.717, 1.165) is 21.0 Å². The van der Waals surface area contributed by atoms with Gasteiger partial charge in [0, 0.05) is 13.6 Å². The van der Waals surface area contributed by atoms with Crippen molar-refractivity contribution in [2.45, 2.75) is 13.3 Å². The molecule has 9 nitrogen and oxygen atoms in total. The first-order chi connectivity index (χ1) is 13.8. The average molecular weight is 396 g/mol. The summed E-state index contributed by atoms with van der Waals surface area (Å²) < 4.78 is 1.13. The molecule has 1 unspecified atom stereocenters. The van der Waals surface area contributed by atoms with E-state index in [-0.39, 0.29) is 30.0 Å². The summed E-state index contributed by atoms with van der Waals surface area (Å²) in [6.45, 7) is 1.27. The molecular formula is C20H20N4O5. The zero-order valence-corrected chi connectivity index (χ0v) is 16.0. The minimum absolute atomic E-state index is 0.119. The van der Waals surface area contributed by atoms with Crippen LogP contribution in [0.2, 0.25) is 0 Å². The molecule has 9 heteroatoms. The van der Waals surface area contributed by atoms with Crippen molar-refractivity contribution in [1.82, 2.24) is 15.1 Å². The third kappa shape index (κ3) is 4.23. The molecule has 29 heavy (non-hydrogen) atoms. The first kappa shape index (κ1) is 20.0. The Morgan fingerprint density at radius 1 is 1.24 bits per heavy atom. The number of nitrogens with zero attached hydrogens (tertiary/aromatic N) is 3. The molecule has 0 saturated heterocycles. The van der Waals surface area contributed by atoms with E-state index in [1.807, 2.05) is 42.5 Å². The Morgan fingerprint density at radius 3 is 2.59 bits per heavy atom. The second-order valence-corrected chi connectivity index (χ2v) is 6.79. The predicted molar refractivity (Wildman–Crippen MR) is 106 cm³/mol. The summed E-state index contributed by atoms with van der Waals surface area (Å²) in [6, 6.07) is 13.4. The molecule has 3 aromatic rings. The topological polar surface area (TPSA) is 127 Å². The molecule has 0 fully saturated rings. The molecule has 150 valence electrons. The lowest BCUT2D eigenvalue weighted by atomic mass is 9.97. The summed E-state index contributed by atoms with van der Waals surface area (Å²) in [5.41, 5.74) is 0.357. The van der Waals surface area contributed by atoms with Gasteiger partial charge in [0.1, 0.15) is 5.69 Å². The number of hydrogen-bond donors (Lipinski definition) is 2. The van der Waals surface area contributed by atoms with Gasteiger partial charge in [0.15, 0.2) is 0 Å². The Morgan fingerprint density at radius 2 is 1.93 bits per heavy atom. The van der Waals surface area contributed by atoms with E-state index < -0.39 is 22.7 Å². The van der Waals surface area contributed by atoms with Gasteiger partial charge in [-0.1, -0.05) is 42.5 Å². The van der Waals surface area contributed by atoms with Crippen LogP contribution in [-0.2, 0) is 18.3 Å². The molecule has 1 aromatic heterocycles. The summed E-state index contributed by atoms with van der Waals surface area (Å²) in [7, 11) is 1.43. The predicted octanol–water partition coefficient (Wildman–Crippen LogP) is 2.46. The molecule has 0 aliphatic rings. The van der Waals surface area contributed by atoms with E-state index in [1.165, 1.54) is 14.0 Å². The van der Waals surface area contributed by atoms with Crippen LogP contribution >= 0.6 is 0 Å². The number of hydrogen-bond acceptors (Lipinski definition) is 5. The molecule has 1 heterocycles. The molecular weight excluding hydrogens is 376 g/mol. The van der Waals surface area contributed by atoms with E-state index >= 15 is 0 Å². The molecule has 0 bridgehead atoms. The lowest BCUT2D eigenvalue weighted by Crippen LogP contribution is -2.35. The lowest BCUT2D eigenvalue weighted by molar-refractivity contribution is -0.385. The van der Waals surface area contributed by atoms with Crippen molar-refractivity contribution in [2.75, 3.05) is 6.54 Å². The number of carboxylic acid groups (broad SMARTS) is 1. The molecule has 0 radical (unpaired) electrons. The SMILES string of the molecule is Cc1nn(C)c(C(=O)NCC(Cc2ccc3ccccc3c2)C(=O)O)c1[N+](=O)[O-]. The molecule has 0 aliphatic carbocycles. The number of carboxylic acids is 1. The molecule has 2 N–H and O–H groups in total. The van der Waals surface area contributed by atoms with E-state index in [2.05, 4.69) is 10.4 Å². The monoisotopic (exact) mass is 396 g/mol. The van der Waals surface area contributed by atoms with Crippen LogP contribution < -0.4 is 5.32 Å². The maximum Gasteiger partial charge on any atom is 0.322 e. The summed E-state index contributed by atoms with van der Waals surface area (Å²) in [4.78, 5) is 34.7. The third-order valence-corrected chi connectivity index (χ3v) is 4.74. The molecule has 0 aliphatic heterocycles. The van der Waals surface area contributed by atoms with Crippen LogP contribution in [0.5, 0.6) is 0 Å². The minimum Gasteiger partial charge on any atom is -0.481 e. The fourth-order valence-electron chi connectivity index (χ4n) is 3.32. The van der Waals surface area contributed by atoms with Crippen LogP contribution in [0.15, 0.2) is 42.5 Å². The number of fused-ring (bicyclic) bond motifs is 1. The van der Waals surface area contributed by atoms with E-state index in [4.69, 9.17) is 0 Å². The third-order valence-electron chi connectivity index (χ3n) is 4.74. The first-order valence-electron chi connectivity index (χ1n) is 8.94. The van der Waals surface area contributed by atoms with Crippen molar-refractivity contribution in [3.63, 3.8) is 0 Å². The Kier molecular flexibility index (Phi) is 5.58. The second kappa shape index (κ2) is 8.09. The van der Waals surface area contributed by atoms with Gasteiger partial charge in [-0.25, -0.2) is 0 Å². The number of aryl methyl sites for hydroxylation is 2. The van der Waals surface area contributed by atoms with Crippen molar-refractivity contribution in [2.24, 2.45) is 13.0 Å². The fourth-order valence-corrected chi connectivity index (χ4v) is 3.32. The van der Waals surface area contributed by atoms with E-state index in [0.29, 0.717) is 0 Å². The number of carbonyl (C=O) groups is 2. The zero-order chi connectivity index (χ0) is 21.1. The van der Waals surface area contributed by atoms with Crippen LogP contribution in [0.1, 0.15) is 21.7 Å². The number of rotatable bonds is 7. The van der Waals surface area contributed by atoms with Crippen LogP contribution in [-0.4, -0.2) is 38.2 Å². The highest BCUT2D eigenvalue weighted by molar-refractivity contribution is 5.97. The van der Waals surface area contributed by atoms with E-state index in [9.17, 15) is 24.8 Å². The molecule has 1 atom stereocenters. The lowest BCUT2D eigenvalue weighted by Gasteiger charge is -2.14. The van der Waals surface area contributed by atoms with Crippen LogP contribution in [0.4, 0.5) is 5.69 Å². The van der Waals surface area contributed by atoms with Gasteiger partial charge in [0.25, 0.3) is 5.91 Å². The number of aliphatic carboxylic acids is 1. The van der Waals surface area contributed by atoms with Gasteiger partial charge >= 0.3 is 11.7 Å². The highest BCUT2D eigenvalue weighted by Crippen LogP contribution is 2.22. The Bertz CT molecular complexity index is 1110. The van der Waals surface area contributed by atoms with Crippen LogP contribution in [0.3, 0.4) is 0 Å². The number of nitrogens with one attached hydrogen (secondary N) is 1. The highest BCUT2D eigenvalue weighted by Gasteiger charge is 2.30. The summed E-state index contributed by atoms with van der Waals surface area (Å²) in [6.07, 6.45) is 0.215. The average Bonchev–Trinajstić information content (AvgIpc) is 2.98. The van der Waals surface area contributed by atoms with Gasteiger partial charge in [0.05, 0.1) is 10.8 Å². The van der Waals surface area contributed by atoms with Gasteiger partial charge in [-0.2, -0.15) is 5.10 Å². The number of carbonyl (C=O) groups excluding carboxylic acids is 1. The Balaban J connectivity index is 1.75. The van der Waals surface area contributed by atoms with Gasteiger partial charge < -0.3 is 10.4 Å². The van der Waals surface area contributed by atoms with Gasteiger partial charge in [0.2, 0.25) is 5.69 Å². The second-order valence-electron chi connectivity index (χ2n) is 6.79. The number of nitro groups is 1. The van der Waals surface area contributed by atoms with Crippen molar-refractivity contribution in [1.29, 1.82) is 0 Å². The quantitative estimate of drug-likeness (QED) is 0.466. The van der Waals surface area contributed by atoms with E-state index in [1.54, 1.807) is 0 Å². The van der Waals surface area contributed by atoms with Crippen LogP contribution in [0.25, 0.3) is 10.8 Å². The summed E-state index contributed by atoms with van der Waals surface area (Å²) in [5, 5.41) is 29.3. The maximum absolute atomic E-state index is 12.5. The Labute approximate surface area is 166 Å². The smallest absolute Gasteiger partial charge is 0.322 e. The molecule has 1 amide bonds. The molecule has 2 aromatic carbocycles. The normalized spacial score (nSPS) is 11.9. The zero-order valence-electron chi connectivity index (χ0n) is 16.0. The van der Waals surface area contributed by atoms with Crippen molar-refractivity contribution >= 4 is 28.3 Å². The fraction of sp³-hybridized carbons (Fsp3) is 0.250. The maximum atomic E-state index is 12.5. The van der Waals surface area contributed by atoms with Crippen molar-refractivity contribution < 1.29 is 19.6 Å². The number of benzene rings is 2. The van der Waals surface area contributed by atoms with Crippen molar-refractivity contribution in [3.05, 3.63) is 69.5 Å². The van der Waals surface area contributed by atoms with Gasteiger partial charge in [-0.3, -0.25) is 24.4 Å². The van der Waals surface area contributed by atoms with Gasteiger partial charge in [-0.15, -0.1) is 0 Å². The number of aromatic nitrogens is 2. The van der Waals surface area contributed by atoms with Crippen molar-refractivity contribution in [3.8, 4) is 0 Å². The number of amides is 1. The molecule has 3 rings (SSSR count). The molecule has 0 saturated carbocycles. The summed E-state index contributed by atoms with van der Waals surface area (Å²) >= 11 is 0. The molecule has 0 spiro atoms. The largest absolute Gasteiger partial charge is 0.481 e. The standard InChI is InChI=1S/C20H20N4O5/c1-12-17(24(28)29)18(23(2)22-12)19(25)21-11-16(20(26)27)10-13-7-8-14-5-3-4-6-15(14)9-13/h3-9,16H,10-11H2,1-2H3,(H,21,25)(H,26,27). The highest BCUT2D eigenvalue weighted by atomic mass is 16.6. The van der Waals surface area contributed by atoms with Gasteiger partial charge in [-0.05, 0) is 29.7 Å². The summed E-state index contributed by atoms with van der Waals surface area (Å²) in [5.74, 6) is -2.67. The first-order valence-corrected chi connectivity index (χ1v) is 8.94. The Hall–Kier alpha value is -3.75. The van der Waals surface area contributed by atoms with Crippen LogP contribution in [0, 0.1) is 23.0 Å².